The van der Waals surface area contributed by atoms with Gasteiger partial charge in [-0.1, -0.05) is 34.1 Å². The monoisotopic (exact) mass is 876 g/mol. The summed E-state index contributed by atoms with van der Waals surface area (Å²) in [5.41, 5.74) is 3.20. The Hall–Kier alpha value is -3.89. The van der Waals surface area contributed by atoms with Gasteiger partial charge in [0.1, 0.15) is 0 Å². The van der Waals surface area contributed by atoms with Crippen LogP contribution in [-0.4, -0.2) is 84.3 Å². The number of hydrogen-bond donors (Lipinski definition) is 0. The zero-order chi connectivity index (χ0) is 43.6. The van der Waals surface area contributed by atoms with Gasteiger partial charge in [0, 0.05) is 27.6 Å². The van der Waals surface area contributed by atoms with Gasteiger partial charge >= 0.3 is 21.1 Å². The second-order valence-corrected chi connectivity index (χ2v) is 19.8. The molecule has 0 atom stereocenters. The third-order valence-electron chi connectivity index (χ3n) is 12.7. The topological polar surface area (TPSA) is 117 Å². The minimum Gasteiger partial charge on any atom is -0.405 e. The van der Waals surface area contributed by atoms with Crippen LogP contribution in [0.3, 0.4) is 0 Å². The van der Waals surface area contributed by atoms with E-state index in [0.29, 0.717) is 0 Å². The van der Waals surface area contributed by atoms with Crippen molar-refractivity contribution in [1.29, 1.82) is 0 Å². The molecule has 16 heteroatoms. The molecule has 6 aromatic rings. The fourth-order valence-corrected chi connectivity index (χ4v) is 7.14. The third kappa shape index (κ3) is 8.62. The van der Waals surface area contributed by atoms with Crippen LogP contribution in [0.5, 0.6) is 0 Å². The van der Waals surface area contributed by atoms with E-state index >= 15 is 0 Å². The van der Waals surface area contributed by atoms with Crippen LogP contribution in [0.25, 0.3) is 33.4 Å². The normalized spacial score (nSPS) is 20.6. The zero-order valence-corrected chi connectivity index (χ0v) is 38.9. The molecule has 0 aliphatic carbocycles. The number of hydrogen-bond acceptors (Lipinski definition) is 10. The van der Waals surface area contributed by atoms with Crippen LogP contribution in [0.1, 0.15) is 94.2 Å². The standard InChI is InChI=1S/C19H22BN3O2.C13H10BrN3.C12H24B2O4/c1-13-8-9-21-17(10-13)23-16-11-15(7-6-14(16)12-22-23)20-24-18(2,3)19(4,5)25-20;1-9-4-5-15-13(6-9)17-12-7-11(14)3-2-10(12)8-16-17;1-9(2)10(3,4)16-13(15-9)14-17-11(5,6)12(7,8)18-14/h6-12H,1-5H3;2-8H,1H3;1-8H3. The predicted molar refractivity (Wildman–Crippen MR) is 243 cm³/mol. The second-order valence-electron chi connectivity index (χ2n) is 18.9. The van der Waals surface area contributed by atoms with Crippen LogP contribution in [0.4, 0.5) is 0 Å². The van der Waals surface area contributed by atoms with Gasteiger partial charge in [-0.3, -0.25) is 0 Å². The summed E-state index contributed by atoms with van der Waals surface area (Å²) in [5, 5.41) is 11.1. The Balaban J connectivity index is 0.000000140. The average molecular weight is 877 g/mol. The van der Waals surface area contributed by atoms with Crippen LogP contribution in [0.2, 0.25) is 0 Å². The molecule has 60 heavy (non-hydrogen) atoms. The molecule has 0 bridgehead atoms. The van der Waals surface area contributed by atoms with Crippen LogP contribution >= 0.6 is 15.9 Å². The van der Waals surface area contributed by atoms with Gasteiger partial charge < -0.3 is 27.9 Å². The molecule has 2 aromatic carbocycles. The summed E-state index contributed by atoms with van der Waals surface area (Å²) < 4.78 is 40.9. The van der Waals surface area contributed by atoms with Gasteiger partial charge in [-0.05, 0) is 156 Å². The van der Waals surface area contributed by atoms with Crippen molar-refractivity contribution in [2.24, 2.45) is 0 Å². The van der Waals surface area contributed by atoms with Crippen LogP contribution in [0.15, 0.2) is 89.9 Å². The SMILES string of the molecule is CC1(C)OB(B2OC(C)(C)C(C)(C)O2)OC1(C)C.Cc1ccnc(-n2ncc3ccc(B4OC(C)(C)C(C)(C)O4)cc32)c1.Cc1ccnc(-n2ncc3ccc(Br)cc32)c1. The Morgan fingerprint density at radius 1 is 0.483 bits per heavy atom. The summed E-state index contributed by atoms with van der Waals surface area (Å²) in [5.74, 6) is 1.65. The fourth-order valence-electron chi connectivity index (χ4n) is 6.79. The van der Waals surface area contributed by atoms with Gasteiger partial charge in [-0.2, -0.15) is 10.2 Å². The summed E-state index contributed by atoms with van der Waals surface area (Å²) in [6.45, 7) is 28.6. The van der Waals surface area contributed by atoms with E-state index in [1.807, 2.05) is 140 Å². The van der Waals surface area contributed by atoms with Gasteiger partial charge in [0.15, 0.2) is 11.6 Å². The van der Waals surface area contributed by atoms with E-state index in [-0.39, 0.29) is 40.7 Å². The smallest absolute Gasteiger partial charge is 0.405 e. The highest BCUT2D eigenvalue weighted by Gasteiger charge is 2.63. The van der Waals surface area contributed by atoms with E-state index < -0.39 is 14.0 Å². The van der Waals surface area contributed by atoms with Gasteiger partial charge in [-0.25, -0.2) is 19.3 Å². The predicted octanol–water partition coefficient (Wildman–Crippen LogP) is 8.77. The first-order valence-electron chi connectivity index (χ1n) is 20.4. The molecule has 0 saturated carbocycles. The van der Waals surface area contributed by atoms with E-state index in [1.54, 1.807) is 12.4 Å². The maximum Gasteiger partial charge on any atom is 0.494 e. The van der Waals surface area contributed by atoms with Crippen LogP contribution < -0.4 is 5.46 Å². The van der Waals surface area contributed by atoms with E-state index in [9.17, 15) is 0 Å². The molecule has 0 amide bonds. The first kappa shape index (κ1) is 44.2. The average Bonchev–Trinajstić information content (AvgIpc) is 3.91. The van der Waals surface area contributed by atoms with Crippen molar-refractivity contribution in [3.8, 4) is 11.6 Å². The first-order valence-corrected chi connectivity index (χ1v) is 21.2. The van der Waals surface area contributed by atoms with Crippen LogP contribution in [-0.2, 0) is 27.9 Å². The van der Waals surface area contributed by atoms with E-state index in [1.165, 1.54) is 5.56 Å². The molecule has 0 radical (unpaired) electrons. The molecule has 3 aliphatic rings. The minimum atomic E-state index is -0.476. The van der Waals surface area contributed by atoms with Crippen molar-refractivity contribution >= 4 is 64.3 Å². The van der Waals surface area contributed by atoms with Crippen molar-refractivity contribution in [1.82, 2.24) is 29.5 Å². The number of pyridine rings is 2. The van der Waals surface area contributed by atoms with E-state index in [0.717, 1.165) is 48.9 Å². The molecule has 3 fully saturated rings. The van der Waals surface area contributed by atoms with E-state index in [4.69, 9.17) is 27.9 Å². The zero-order valence-electron chi connectivity index (χ0n) is 37.3. The van der Waals surface area contributed by atoms with Crippen molar-refractivity contribution in [3.63, 3.8) is 0 Å². The second kappa shape index (κ2) is 15.8. The maximum atomic E-state index is 6.17. The van der Waals surface area contributed by atoms with Crippen molar-refractivity contribution in [2.75, 3.05) is 0 Å². The molecular weight excluding hydrogens is 821 g/mol. The Kier molecular flexibility index (Phi) is 11.6. The summed E-state index contributed by atoms with van der Waals surface area (Å²) >= 11 is 3.48. The Labute approximate surface area is 363 Å². The van der Waals surface area contributed by atoms with Crippen LogP contribution in [0, 0.1) is 13.8 Å². The number of nitrogens with zero attached hydrogens (tertiary/aromatic N) is 6. The van der Waals surface area contributed by atoms with E-state index in [2.05, 4.69) is 75.9 Å². The molecule has 12 nitrogen and oxygen atoms in total. The van der Waals surface area contributed by atoms with Gasteiger partial charge in [0.05, 0.1) is 57.0 Å². The molecule has 0 spiro atoms. The number of halogens is 1. The summed E-state index contributed by atoms with van der Waals surface area (Å²) in [4.78, 5) is 8.79. The molecule has 3 saturated heterocycles. The van der Waals surface area contributed by atoms with Gasteiger partial charge in [0.2, 0.25) is 0 Å². The lowest BCUT2D eigenvalue weighted by molar-refractivity contribution is 0.00578. The Morgan fingerprint density at radius 3 is 1.28 bits per heavy atom. The summed E-state index contributed by atoms with van der Waals surface area (Å²) in [6, 6.07) is 20.3. The molecule has 3 aliphatic heterocycles. The highest BCUT2D eigenvalue weighted by Crippen LogP contribution is 2.43. The first-order chi connectivity index (χ1) is 27.9. The molecular formula is C44H56B3BrN6O6. The lowest BCUT2D eigenvalue weighted by Gasteiger charge is -2.32. The Morgan fingerprint density at radius 2 is 0.867 bits per heavy atom. The fraction of sp³-hybridized carbons (Fsp3) is 0.455. The molecule has 9 rings (SSSR count). The van der Waals surface area contributed by atoms with Crippen molar-refractivity contribution in [2.45, 2.75) is 131 Å². The molecule has 7 heterocycles. The molecule has 314 valence electrons. The number of benzene rings is 2. The van der Waals surface area contributed by atoms with Gasteiger partial charge in [0.25, 0.3) is 0 Å². The third-order valence-corrected chi connectivity index (χ3v) is 13.1. The highest BCUT2D eigenvalue weighted by atomic mass is 79.9. The molecule has 4 aromatic heterocycles. The highest BCUT2D eigenvalue weighted by molar-refractivity contribution is 9.10. The number of fused-ring (bicyclic) bond motifs is 2. The van der Waals surface area contributed by atoms with Gasteiger partial charge in [-0.15, -0.1) is 0 Å². The lowest BCUT2D eigenvalue weighted by atomic mass is 9.49. The molecule has 0 unspecified atom stereocenters. The largest absolute Gasteiger partial charge is 0.494 e. The number of aromatic nitrogens is 6. The Bertz CT molecular complexity index is 2440. The van der Waals surface area contributed by atoms with Crippen molar-refractivity contribution in [3.05, 3.63) is 101 Å². The molecule has 0 N–H and O–H groups in total. The number of rotatable bonds is 4. The minimum absolute atomic E-state index is 0.356. The summed E-state index contributed by atoms with van der Waals surface area (Å²) in [7, 11) is -1.34. The summed E-state index contributed by atoms with van der Waals surface area (Å²) in [6.07, 6.45) is 7.31. The van der Waals surface area contributed by atoms with Crippen molar-refractivity contribution < 1.29 is 27.9 Å². The number of aryl methyl sites for hydroxylation is 2. The quantitative estimate of drug-likeness (QED) is 0.159. The maximum absolute atomic E-state index is 6.17. The lowest BCUT2D eigenvalue weighted by Crippen LogP contribution is -2.41.